The Labute approximate surface area is 381 Å². The van der Waals surface area contributed by atoms with Crippen molar-refractivity contribution in [3.8, 4) is 0 Å². The van der Waals surface area contributed by atoms with E-state index in [2.05, 4.69) is 129 Å². The van der Waals surface area contributed by atoms with Gasteiger partial charge >= 0.3 is 0 Å². The van der Waals surface area contributed by atoms with E-state index in [1.54, 1.807) is 24.8 Å². The van der Waals surface area contributed by atoms with Gasteiger partial charge in [-0.3, -0.25) is 9.97 Å². The van der Waals surface area contributed by atoms with Crippen molar-refractivity contribution in [2.45, 2.75) is 83.1 Å². The molecule has 322 valence electrons. The van der Waals surface area contributed by atoms with Crippen molar-refractivity contribution >= 4 is 53.2 Å². The second kappa shape index (κ2) is 47.3. The van der Waals surface area contributed by atoms with Crippen molar-refractivity contribution in [1.82, 2.24) is 9.97 Å². The number of hydrogen-bond donors (Lipinski definition) is 0. The van der Waals surface area contributed by atoms with E-state index in [9.17, 15) is 0 Å². The molecule has 3 aromatic carbocycles. The topological polar surface area (TPSA) is 25.8 Å². The predicted octanol–water partition coefficient (Wildman–Crippen LogP) is 14.8. The Bertz CT molecular complexity index is 1230. The van der Waals surface area contributed by atoms with Crippen molar-refractivity contribution in [2.75, 3.05) is 73.9 Å². The van der Waals surface area contributed by atoms with Gasteiger partial charge in [-0.25, -0.2) is 0 Å². The van der Waals surface area contributed by atoms with E-state index in [0.29, 0.717) is 0 Å². The second-order valence-electron chi connectivity index (χ2n) is 12.7. The largest absolute Gasteiger partial charge is 0.265 e. The molecule has 0 amide bonds. The molecule has 0 aliphatic heterocycles. The van der Waals surface area contributed by atoms with Gasteiger partial charge in [0.25, 0.3) is 0 Å². The molecule has 0 saturated heterocycles. The van der Waals surface area contributed by atoms with Crippen LogP contribution in [0.15, 0.2) is 110 Å². The van der Waals surface area contributed by atoms with Crippen LogP contribution in [0.25, 0.3) is 21.5 Å². The number of benzene rings is 3. The van der Waals surface area contributed by atoms with Crippen LogP contribution in [0.2, 0.25) is 0 Å². The quantitative estimate of drug-likeness (QED) is 0.0707. The van der Waals surface area contributed by atoms with E-state index in [1.165, 1.54) is 95.5 Å². The Balaban J connectivity index is -0.000000289. The molecule has 5 aromatic rings. The van der Waals surface area contributed by atoms with Gasteiger partial charge in [-0.05, 0) is 139 Å². The zero-order chi connectivity index (χ0) is 40.7. The van der Waals surface area contributed by atoms with Crippen LogP contribution < -0.4 is 0 Å². The Morgan fingerprint density at radius 1 is 0.357 bits per heavy atom. The van der Waals surface area contributed by atoms with Crippen LogP contribution in [0, 0.1) is 12.1 Å². The number of hydrogen-bond acceptors (Lipinski definition) is 2. The maximum Gasteiger partial charge on any atom is 0.0543 e. The van der Waals surface area contributed by atoms with Gasteiger partial charge < -0.3 is 0 Å². The van der Waals surface area contributed by atoms with E-state index in [4.69, 9.17) is 0 Å². The molecule has 0 bridgehead atoms. The molecule has 56 heavy (non-hydrogen) atoms. The fourth-order valence-electron chi connectivity index (χ4n) is 5.45. The van der Waals surface area contributed by atoms with E-state index in [-0.39, 0.29) is 73.8 Å². The first kappa shape index (κ1) is 62.2. The first-order chi connectivity index (χ1) is 26.3. The van der Waals surface area contributed by atoms with Crippen molar-refractivity contribution in [3.63, 3.8) is 0 Å². The minimum absolute atomic E-state index is 0. The van der Waals surface area contributed by atoms with Crippen LogP contribution in [0.3, 0.4) is 0 Å². The van der Waals surface area contributed by atoms with Crippen LogP contribution >= 0.6 is 31.7 Å². The summed E-state index contributed by atoms with van der Waals surface area (Å²) in [5.74, 6) is 0. The molecule has 8 heteroatoms. The monoisotopic (exact) mass is 1200 g/mol. The summed E-state index contributed by atoms with van der Waals surface area (Å²) in [6.07, 6.45) is 24.5. The van der Waals surface area contributed by atoms with Crippen molar-refractivity contribution in [3.05, 3.63) is 122 Å². The number of fused-ring (bicyclic) bond motifs is 3. The molecule has 2 heterocycles. The summed E-state index contributed by atoms with van der Waals surface area (Å²) in [7, 11) is 0.549. The molecule has 0 N–H and O–H groups in total. The Kier molecular flexibility index (Phi) is 52.5. The standard InChI is InChI=1S/C14H8.4C6H15P.2C5H5N.2Pt/c1-3-7-13-11(5-1)9-10-12-6-2-4-8-14(12)13;4*1-4-7(5-2)6-3;2*1-2-4-6-5-3-1;;/h1-2,5-10H;4*4-6H2,1-3H3;2*1-5H;;/q-2;;;;;;;;/p+4. The summed E-state index contributed by atoms with van der Waals surface area (Å²) < 4.78 is 0. The Morgan fingerprint density at radius 2 is 0.589 bits per heavy atom. The molecule has 2 aromatic heterocycles. The summed E-state index contributed by atoms with van der Waals surface area (Å²) in [5.41, 5.74) is 0. The van der Waals surface area contributed by atoms with Gasteiger partial charge in [0.05, 0.1) is 73.9 Å². The predicted molar refractivity (Wildman–Crippen MR) is 267 cm³/mol. The van der Waals surface area contributed by atoms with E-state index in [0.717, 1.165) is 0 Å². The maximum atomic E-state index is 3.78. The Hall–Kier alpha value is -0.423. The third kappa shape index (κ3) is 33.4. The minimum atomic E-state index is 0. The van der Waals surface area contributed by atoms with Crippen LogP contribution in [0.1, 0.15) is 83.1 Å². The average molecular weight is 1200 g/mol. The first-order valence-electron chi connectivity index (χ1n) is 21.1. The zero-order valence-corrected chi connectivity index (χ0v) is 45.9. The molecule has 0 atom stereocenters. The van der Waals surface area contributed by atoms with E-state index >= 15 is 0 Å². The molecule has 0 aliphatic carbocycles. The summed E-state index contributed by atoms with van der Waals surface area (Å²) >= 11 is 0. The van der Waals surface area contributed by atoms with Crippen LogP contribution in [0.5, 0.6) is 0 Å². The fraction of sp³-hybridized carbons (Fsp3) is 0.500. The molecule has 2 nitrogen and oxygen atoms in total. The zero-order valence-electron chi connectivity index (χ0n) is 37.4. The second-order valence-corrected chi connectivity index (χ2v) is 27.1. The molecule has 5 rings (SSSR count). The summed E-state index contributed by atoms with van der Waals surface area (Å²) in [6, 6.07) is 34.1. The third-order valence-electron chi connectivity index (χ3n) is 9.66. The maximum absolute atomic E-state index is 3.78. The van der Waals surface area contributed by atoms with Crippen molar-refractivity contribution < 1.29 is 42.1 Å². The molecule has 0 fully saturated rings. The minimum Gasteiger partial charge on any atom is -0.265 e. The van der Waals surface area contributed by atoms with Gasteiger partial charge in [-0.1, -0.05) is 24.3 Å². The molecule has 0 saturated carbocycles. The van der Waals surface area contributed by atoms with Gasteiger partial charge in [0.1, 0.15) is 0 Å². The summed E-state index contributed by atoms with van der Waals surface area (Å²) in [6.45, 7) is 27.7. The van der Waals surface area contributed by atoms with Gasteiger partial charge in [0.15, 0.2) is 0 Å². The Morgan fingerprint density at radius 3 is 0.732 bits per heavy atom. The van der Waals surface area contributed by atoms with Gasteiger partial charge in [-0.2, -0.15) is 59.3 Å². The van der Waals surface area contributed by atoms with Gasteiger partial charge in [-0.15, -0.1) is 10.8 Å². The first-order valence-corrected chi connectivity index (χ1v) is 29.5. The fourth-order valence-corrected chi connectivity index (χ4v) is 11.4. The summed E-state index contributed by atoms with van der Waals surface area (Å²) in [5, 5.41) is 5.02. The average Bonchev–Trinajstić information content (AvgIpc) is 3.26. The smallest absolute Gasteiger partial charge is 0.0543 e. The molecule has 0 radical (unpaired) electrons. The van der Waals surface area contributed by atoms with Crippen LogP contribution in [-0.2, 0) is 42.1 Å². The van der Waals surface area contributed by atoms with Gasteiger partial charge in [0.2, 0.25) is 0 Å². The number of pyridine rings is 2. The molecule has 0 spiro atoms. The van der Waals surface area contributed by atoms with Crippen molar-refractivity contribution in [1.29, 1.82) is 0 Å². The van der Waals surface area contributed by atoms with Crippen molar-refractivity contribution in [2.24, 2.45) is 0 Å². The molecular weight excluding hydrogens is 1120 g/mol. The van der Waals surface area contributed by atoms with Crippen LogP contribution in [0.4, 0.5) is 0 Å². The molecule has 0 unspecified atom stereocenters. The third-order valence-corrected chi connectivity index (χ3v) is 21.7. The molecule has 0 aliphatic rings. The van der Waals surface area contributed by atoms with E-state index in [1.807, 2.05) is 60.7 Å². The van der Waals surface area contributed by atoms with Gasteiger partial charge in [0, 0.05) is 66.9 Å². The SMILES string of the molecule is CC[PH+](CC)CC.CC[PH+](CC)CC.CC[PH+](CC)CC.CC[PH+](CC)CC.[Pt].[Pt].[c-]1ccc2ccc3cc[c-]cc3c2c1.c1ccncc1.c1ccncc1. The number of rotatable bonds is 12. The number of nitrogens with zero attached hydrogens (tertiary/aromatic N) is 2. The van der Waals surface area contributed by atoms with E-state index < -0.39 is 0 Å². The number of aromatic nitrogens is 2. The molecular formula is C48H82N2P4Pt2+2. The van der Waals surface area contributed by atoms with Crippen LogP contribution in [-0.4, -0.2) is 83.9 Å². The summed E-state index contributed by atoms with van der Waals surface area (Å²) in [4.78, 5) is 7.57. The normalized spacial score (nSPS) is 9.57.